The summed E-state index contributed by atoms with van der Waals surface area (Å²) >= 11 is 5.12. The van der Waals surface area contributed by atoms with E-state index in [9.17, 15) is 5.11 Å². The molecule has 0 saturated heterocycles. The van der Waals surface area contributed by atoms with Crippen LogP contribution in [-0.4, -0.2) is 26.2 Å². The molecule has 94 valence electrons. The van der Waals surface area contributed by atoms with Crippen molar-refractivity contribution in [3.05, 3.63) is 40.4 Å². The van der Waals surface area contributed by atoms with E-state index in [-0.39, 0.29) is 11.7 Å². The summed E-state index contributed by atoms with van der Waals surface area (Å²) in [5.74, 6) is 1.20. The molecule has 1 heterocycles. The third-order valence-electron chi connectivity index (χ3n) is 2.38. The van der Waals surface area contributed by atoms with Crippen LogP contribution in [0.3, 0.4) is 0 Å². The quantitative estimate of drug-likeness (QED) is 0.660. The summed E-state index contributed by atoms with van der Waals surface area (Å²) < 4.78 is 2.04. The van der Waals surface area contributed by atoms with E-state index in [0.29, 0.717) is 4.77 Å². The van der Waals surface area contributed by atoms with E-state index in [0.717, 1.165) is 11.4 Å². The van der Waals surface area contributed by atoms with Crippen LogP contribution in [0.5, 0.6) is 5.75 Å². The number of aromatic nitrogens is 3. The second-order valence-corrected chi connectivity index (χ2v) is 4.58. The Labute approximate surface area is 110 Å². The highest BCUT2D eigenvalue weighted by Gasteiger charge is 2.08. The number of nitrogens with zero attached hydrogens (tertiary/aromatic N) is 3. The Morgan fingerprint density at radius 1 is 1.50 bits per heavy atom. The summed E-state index contributed by atoms with van der Waals surface area (Å²) in [6.45, 7) is 4.04. The molecule has 0 bridgehead atoms. The van der Waals surface area contributed by atoms with Crippen LogP contribution in [0.2, 0.25) is 0 Å². The van der Waals surface area contributed by atoms with Crippen LogP contribution in [-0.2, 0) is 0 Å². The van der Waals surface area contributed by atoms with Crippen LogP contribution >= 0.6 is 12.2 Å². The number of nitrogens with one attached hydrogen (secondary N) is 1. The molecule has 18 heavy (non-hydrogen) atoms. The first-order valence-corrected chi connectivity index (χ1v) is 5.99. The maximum atomic E-state index is 9.36. The highest BCUT2D eigenvalue weighted by Crippen LogP contribution is 2.12. The molecule has 2 rings (SSSR count). The van der Waals surface area contributed by atoms with Crippen LogP contribution < -0.4 is 0 Å². The van der Waals surface area contributed by atoms with Crippen molar-refractivity contribution in [2.45, 2.75) is 19.8 Å². The molecule has 0 radical (unpaired) electrons. The number of rotatable bonds is 3. The SMILES string of the molecule is CC(C)c1n[nH]c(=S)n1/N=C/c1cccc(O)c1. The monoisotopic (exact) mass is 262 g/mol. The third-order valence-corrected chi connectivity index (χ3v) is 2.65. The van der Waals surface area contributed by atoms with Gasteiger partial charge in [-0.15, -0.1) is 0 Å². The number of hydrogen-bond donors (Lipinski definition) is 2. The number of phenolic OH excluding ortho intramolecular Hbond substituents is 1. The van der Waals surface area contributed by atoms with E-state index in [1.165, 1.54) is 0 Å². The summed E-state index contributed by atoms with van der Waals surface area (Å²) in [5, 5.41) is 20.5. The lowest BCUT2D eigenvalue weighted by atomic mass is 10.2. The molecule has 0 atom stereocenters. The van der Waals surface area contributed by atoms with E-state index in [2.05, 4.69) is 15.3 Å². The average molecular weight is 262 g/mol. The first-order valence-electron chi connectivity index (χ1n) is 5.58. The Hall–Kier alpha value is -1.95. The van der Waals surface area contributed by atoms with Gasteiger partial charge in [-0.05, 0) is 29.9 Å². The molecule has 0 spiro atoms. The Bertz CT molecular complexity index is 627. The molecular weight excluding hydrogens is 248 g/mol. The summed E-state index contributed by atoms with van der Waals surface area (Å²) in [7, 11) is 0. The van der Waals surface area contributed by atoms with Gasteiger partial charge in [-0.1, -0.05) is 26.0 Å². The molecule has 1 aromatic heterocycles. The molecular formula is C12H14N4OS. The van der Waals surface area contributed by atoms with Crippen molar-refractivity contribution in [2.24, 2.45) is 5.10 Å². The fraction of sp³-hybridized carbons (Fsp3) is 0.250. The van der Waals surface area contributed by atoms with Crippen molar-refractivity contribution in [3.8, 4) is 5.75 Å². The second-order valence-electron chi connectivity index (χ2n) is 4.19. The zero-order chi connectivity index (χ0) is 13.1. The van der Waals surface area contributed by atoms with Crippen molar-refractivity contribution >= 4 is 18.4 Å². The lowest BCUT2D eigenvalue weighted by Crippen LogP contribution is -2.00. The van der Waals surface area contributed by atoms with Gasteiger partial charge < -0.3 is 5.11 Å². The van der Waals surface area contributed by atoms with Crippen LogP contribution in [0.4, 0.5) is 0 Å². The minimum Gasteiger partial charge on any atom is -0.508 e. The average Bonchev–Trinajstić information content (AvgIpc) is 2.68. The summed E-state index contributed by atoms with van der Waals surface area (Å²) in [5.41, 5.74) is 0.799. The Kier molecular flexibility index (Phi) is 3.57. The molecule has 5 nitrogen and oxygen atoms in total. The third kappa shape index (κ3) is 2.65. The van der Waals surface area contributed by atoms with E-state index in [1.54, 1.807) is 29.1 Å². The number of aromatic amines is 1. The Morgan fingerprint density at radius 2 is 2.28 bits per heavy atom. The summed E-state index contributed by atoms with van der Waals surface area (Å²) in [6, 6.07) is 6.85. The van der Waals surface area contributed by atoms with Gasteiger partial charge >= 0.3 is 0 Å². The van der Waals surface area contributed by atoms with E-state index in [4.69, 9.17) is 12.2 Å². The minimum atomic E-state index is 0.207. The van der Waals surface area contributed by atoms with Gasteiger partial charge in [0.25, 0.3) is 0 Å². The largest absolute Gasteiger partial charge is 0.508 e. The number of benzene rings is 1. The summed E-state index contributed by atoms with van der Waals surface area (Å²) in [6.07, 6.45) is 1.64. The molecule has 0 saturated carbocycles. The van der Waals surface area contributed by atoms with Gasteiger partial charge in [0, 0.05) is 5.92 Å². The predicted octanol–water partition coefficient (Wildman–Crippen LogP) is 2.65. The molecule has 0 aliphatic heterocycles. The van der Waals surface area contributed by atoms with Crippen molar-refractivity contribution in [3.63, 3.8) is 0 Å². The smallest absolute Gasteiger partial charge is 0.216 e. The summed E-state index contributed by atoms with van der Waals surface area (Å²) in [4.78, 5) is 0. The van der Waals surface area contributed by atoms with Crippen molar-refractivity contribution in [2.75, 3.05) is 0 Å². The maximum absolute atomic E-state index is 9.36. The lowest BCUT2D eigenvalue weighted by molar-refractivity contribution is 0.475. The molecule has 0 aliphatic carbocycles. The molecule has 0 aliphatic rings. The zero-order valence-electron chi connectivity index (χ0n) is 10.2. The van der Waals surface area contributed by atoms with Gasteiger partial charge in [-0.3, -0.25) is 5.10 Å². The molecule has 1 aromatic carbocycles. The Morgan fingerprint density at radius 3 is 2.94 bits per heavy atom. The molecule has 0 amide bonds. The van der Waals surface area contributed by atoms with Crippen molar-refractivity contribution in [1.29, 1.82) is 0 Å². The first-order chi connectivity index (χ1) is 8.58. The molecule has 0 unspecified atom stereocenters. The van der Waals surface area contributed by atoms with E-state index < -0.39 is 0 Å². The zero-order valence-corrected chi connectivity index (χ0v) is 11.0. The van der Waals surface area contributed by atoms with Crippen molar-refractivity contribution < 1.29 is 5.11 Å². The molecule has 0 fully saturated rings. The normalized spacial score (nSPS) is 11.5. The first kappa shape index (κ1) is 12.5. The molecule has 6 heteroatoms. The van der Waals surface area contributed by atoms with E-state index in [1.807, 2.05) is 19.9 Å². The topological polar surface area (TPSA) is 66.2 Å². The van der Waals surface area contributed by atoms with Crippen LogP contribution in [0, 0.1) is 4.77 Å². The standard InChI is InChI=1S/C12H14N4OS/c1-8(2)11-14-15-12(18)16(11)13-7-9-4-3-5-10(17)6-9/h3-8,17H,1-2H3,(H,15,18)/b13-7+. The molecule has 2 N–H and O–H groups in total. The highest BCUT2D eigenvalue weighted by molar-refractivity contribution is 7.71. The second kappa shape index (κ2) is 5.14. The maximum Gasteiger partial charge on any atom is 0.216 e. The van der Waals surface area contributed by atoms with Gasteiger partial charge in [0.05, 0.1) is 6.21 Å². The van der Waals surface area contributed by atoms with Gasteiger partial charge in [0.2, 0.25) is 4.77 Å². The lowest BCUT2D eigenvalue weighted by Gasteiger charge is -2.02. The van der Waals surface area contributed by atoms with Gasteiger partial charge in [-0.2, -0.15) is 14.9 Å². The molecule has 2 aromatic rings. The number of hydrogen-bond acceptors (Lipinski definition) is 4. The van der Waals surface area contributed by atoms with Crippen LogP contribution in [0.15, 0.2) is 29.4 Å². The fourth-order valence-corrected chi connectivity index (χ4v) is 1.70. The van der Waals surface area contributed by atoms with Crippen LogP contribution in [0.25, 0.3) is 0 Å². The predicted molar refractivity (Wildman–Crippen MR) is 72.6 cm³/mol. The Balaban J connectivity index is 2.34. The van der Waals surface area contributed by atoms with Gasteiger partial charge in [0.15, 0.2) is 5.82 Å². The van der Waals surface area contributed by atoms with E-state index >= 15 is 0 Å². The number of H-pyrrole nitrogens is 1. The van der Waals surface area contributed by atoms with Gasteiger partial charge in [-0.25, -0.2) is 0 Å². The van der Waals surface area contributed by atoms with Gasteiger partial charge in [0.1, 0.15) is 5.75 Å². The fourth-order valence-electron chi connectivity index (χ4n) is 1.52. The van der Waals surface area contributed by atoms with Crippen LogP contribution in [0.1, 0.15) is 31.2 Å². The number of aromatic hydroxyl groups is 1. The van der Waals surface area contributed by atoms with Crippen molar-refractivity contribution in [1.82, 2.24) is 14.9 Å². The highest BCUT2D eigenvalue weighted by atomic mass is 32.1. The number of phenols is 1. The minimum absolute atomic E-state index is 0.207.